The van der Waals surface area contributed by atoms with Gasteiger partial charge in [-0.25, -0.2) is 0 Å². The Morgan fingerprint density at radius 3 is 1.47 bits per heavy atom. The first kappa shape index (κ1) is 39.9. The van der Waals surface area contributed by atoms with Crippen LogP contribution in [0.5, 0.6) is 34.5 Å². The van der Waals surface area contributed by atoms with Gasteiger partial charge in [-0.3, -0.25) is 4.79 Å². The summed E-state index contributed by atoms with van der Waals surface area (Å²) in [4.78, 5) is 14.4. The zero-order valence-corrected chi connectivity index (χ0v) is 31.5. The largest absolute Gasteiger partial charge is 0.494 e. The fourth-order valence-electron chi connectivity index (χ4n) is 6.43. The van der Waals surface area contributed by atoms with E-state index in [1.807, 2.05) is 65.8 Å². The molecule has 8 nitrogen and oxygen atoms in total. The number of aryl methyl sites for hydroxylation is 1. The Morgan fingerprint density at radius 2 is 0.959 bits per heavy atom. The van der Waals surface area contributed by atoms with Crippen LogP contribution in [0.3, 0.4) is 0 Å². The van der Waals surface area contributed by atoms with E-state index >= 15 is 0 Å². The van der Waals surface area contributed by atoms with Crippen molar-refractivity contribution in [2.45, 2.75) is 132 Å². The molecule has 1 heterocycles. The summed E-state index contributed by atoms with van der Waals surface area (Å²) in [6, 6.07) is 7.66. The predicted octanol–water partition coefficient (Wildman–Crippen LogP) is 10.8. The van der Waals surface area contributed by atoms with E-state index in [0.717, 1.165) is 23.9 Å². The second-order valence-electron chi connectivity index (χ2n) is 12.3. The number of nitrogens with zero attached hydrogens (tertiary/aromatic N) is 1. The highest BCUT2D eigenvalue weighted by atomic mass is 16.5. The first-order valence-electron chi connectivity index (χ1n) is 19.2. The van der Waals surface area contributed by atoms with E-state index in [1.165, 1.54) is 64.2 Å². The average Bonchev–Trinajstić information content (AvgIpc) is 3.08. The van der Waals surface area contributed by atoms with Gasteiger partial charge in [0.2, 0.25) is 11.2 Å². The molecule has 0 saturated heterocycles. The summed E-state index contributed by atoms with van der Waals surface area (Å²) in [6.45, 7) is 17.2. The first-order chi connectivity index (χ1) is 24.0. The molecule has 0 spiro atoms. The Hall–Kier alpha value is -3.55. The van der Waals surface area contributed by atoms with E-state index in [4.69, 9.17) is 28.4 Å². The molecule has 0 aliphatic heterocycles. The van der Waals surface area contributed by atoms with Crippen molar-refractivity contribution in [3.8, 4) is 45.8 Å². The van der Waals surface area contributed by atoms with Crippen molar-refractivity contribution >= 4 is 10.9 Å². The molecule has 0 atom stereocenters. The standard InChI is InChI=1S/C41H63NO7/c1-8-15-16-17-18-19-20-21-22-23-24-25-26-42-33-29-32(44-9-2)30-34(45-10-3)37(33)39(43)41(49-14-7)38(42)31-27-35(46-11-4)40(48-13-6)36(28-31)47-12-5/h27-30H,8-26H2,1-7H3. The van der Waals surface area contributed by atoms with Crippen molar-refractivity contribution in [1.29, 1.82) is 0 Å². The summed E-state index contributed by atoms with van der Waals surface area (Å²) in [5, 5.41) is 0.498. The molecule has 0 bridgehead atoms. The number of pyridine rings is 1. The topological polar surface area (TPSA) is 77.4 Å². The maximum atomic E-state index is 14.4. The molecule has 3 aromatic rings. The molecule has 0 saturated carbocycles. The number of aromatic nitrogens is 1. The third-order valence-electron chi connectivity index (χ3n) is 8.58. The highest BCUT2D eigenvalue weighted by Crippen LogP contribution is 2.45. The third-order valence-corrected chi connectivity index (χ3v) is 8.58. The number of hydrogen-bond acceptors (Lipinski definition) is 7. The summed E-state index contributed by atoms with van der Waals surface area (Å²) in [7, 11) is 0. The van der Waals surface area contributed by atoms with E-state index in [-0.39, 0.29) is 11.2 Å². The van der Waals surface area contributed by atoms with Crippen molar-refractivity contribution in [2.75, 3.05) is 39.6 Å². The Labute approximate surface area is 295 Å². The van der Waals surface area contributed by atoms with Crippen LogP contribution in [0.1, 0.15) is 126 Å². The minimum atomic E-state index is -0.214. The van der Waals surface area contributed by atoms with Crippen molar-refractivity contribution in [3.05, 3.63) is 34.5 Å². The van der Waals surface area contributed by atoms with Crippen molar-refractivity contribution < 1.29 is 28.4 Å². The third kappa shape index (κ3) is 11.2. The number of fused-ring (bicyclic) bond motifs is 1. The van der Waals surface area contributed by atoms with E-state index in [9.17, 15) is 4.79 Å². The summed E-state index contributed by atoms with van der Waals surface area (Å²) < 4.78 is 38.7. The van der Waals surface area contributed by atoms with Gasteiger partial charge < -0.3 is 33.0 Å². The number of hydrogen-bond donors (Lipinski definition) is 0. The van der Waals surface area contributed by atoms with Crippen LogP contribution in [0.2, 0.25) is 0 Å². The van der Waals surface area contributed by atoms with Gasteiger partial charge in [0.05, 0.1) is 56.2 Å². The van der Waals surface area contributed by atoms with Crippen LogP contribution < -0.4 is 33.8 Å². The zero-order chi connectivity index (χ0) is 35.4. The maximum Gasteiger partial charge on any atom is 0.235 e. The summed E-state index contributed by atoms with van der Waals surface area (Å²) in [5.74, 6) is 3.13. The Morgan fingerprint density at radius 1 is 0.490 bits per heavy atom. The molecular formula is C41H63NO7. The van der Waals surface area contributed by atoms with E-state index in [1.54, 1.807) is 0 Å². The van der Waals surface area contributed by atoms with Crippen LogP contribution in [0.25, 0.3) is 22.2 Å². The van der Waals surface area contributed by atoms with Gasteiger partial charge in [0.15, 0.2) is 17.2 Å². The summed E-state index contributed by atoms with van der Waals surface area (Å²) in [6.07, 6.45) is 15.2. The lowest BCUT2D eigenvalue weighted by atomic mass is 10.0. The SMILES string of the molecule is CCCCCCCCCCCCCCn1c(-c2cc(OCC)c(OCC)c(OCC)c2)c(OCC)c(=O)c2c(OCC)cc(OCC)cc21. The van der Waals surface area contributed by atoms with E-state index in [2.05, 4.69) is 11.5 Å². The van der Waals surface area contributed by atoms with Crippen LogP contribution in [-0.4, -0.2) is 44.2 Å². The normalized spacial score (nSPS) is 11.2. The Bertz CT molecular complexity index is 1440. The quantitative estimate of drug-likeness (QED) is 0.0780. The molecule has 1 aromatic heterocycles. The lowest BCUT2D eigenvalue weighted by Gasteiger charge is -2.24. The molecule has 0 unspecified atom stereocenters. The maximum absolute atomic E-state index is 14.4. The number of benzene rings is 2. The number of ether oxygens (including phenoxy) is 6. The molecular weight excluding hydrogens is 618 g/mol. The van der Waals surface area contributed by atoms with Gasteiger partial charge in [0, 0.05) is 24.2 Å². The van der Waals surface area contributed by atoms with Crippen LogP contribution in [0, 0.1) is 0 Å². The average molecular weight is 682 g/mol. The fraction of sp³-hybridized carbons (Fsp3) is 0.634. The highest BCUT2D eigenvalue weighted by molar-refractivity contribution is 5.92. The van der Waals surface area contributed by atoms with E-state index in [0.29, 0.717) is 86.0 Å². The second kappa shape index (κ2) is 22.2. The summed E-state index contributed by atoms with van der Waals surface area (Å²) >= 11 is 0. The molecule has 49 heavy (non-hydrogen) atoms. The lowest BCUT2D eigenvalue weighted by molar-refractivity contribution is 0.261. The number of unbranched alkanes of at least 4 members (excludes halogenated alkanes) is 11. The van der Waals surface area contributed by atoms with Gasteiger partial charge in [-0.1, -0.05) is 77.6 Å². The molecule has 0 amide bonds. The zero-order valence-electron chi connectivity index (χ0n) is 31.5. The molecule has 2 aromatic carbocycles. The van der Waals surface area contributed by atoms with Gasteiger partial charge in [-0.05, 0) is 60.1 Å². The smallest absolute Gasteiger partial charge is 0.235 e. The van der Waals surface area contributed by atoms with Gasteiger partial charge >= 0.3 is 0 Å². The summed E-state index contributed by atoms with van der Waals surface area (Å²) in [5.41, 5.74) is 1.99. The molecule has 0 N–H and O–H groups in total. The molecule has 0 aliphatic rings. The Kier molecular flexibility index (Phi) is 18.1. The predicted molar refractivity (Wildman–Crippen MR) is 202 cm³/mol. The molecule has 8 heteroatoms. The molecule has 0 radical (unpaired) electrons. The van der Waals surface area contributed by atoms with E-state index < -0.39 is 0 Å². The van der Waals surface area contributed by atoms with Crippen LogP contribution >= 0.6 is 0 Å². The second-order valence-corrected chi connectivity index (χ2v) is 12.3. The highest BCUT2D eigenvalue weighted by Gasteiger charge is 2.26. The first-order valence-corrected chi connectivity index (χ1v) is 19.2. The fourth-order valence-corrected chi connectivity index (χ4v) is 6.43. The van der Waals surface area contributed by atoms with Crippen LogP contribution in [0.15, 0.2) is 29.1 Å². The minimum Gasteiger partial charge on any atom is -0.494 e. The van der Waals surface area contributed by atoms with Crippen LogP contribution in [0.4, 0.5) is 0 Å². The number of rotatable bonds is 26. The molecule has 0 aliphatic carbocycles. The van der Waals surface area contributed by atoms with Crippen molar-refractivity contribution in [2.24, 2.45) is 0 Å². The van der Waals surface area contributed by atoms with Gasteiger partial charge in [0.25, 0.3) is 0 Å². The molecule has 274 valence electrons. The van der Waals surface area contributed by atoms with Gasteiger partial charge in [-0.15, -0.1) is 0 Å². The Balaban J connectivity index is 2.11. The minimum absolute atomic E-state index is 0.214. The molecule has 0 fully saturated rings. The van der Waals surface area contributed by atoms with Crippen molar-refractivity contribution in [1.82, 2.24) is 4.57 Å². The molecule has 3 rings (SSSR count). The van der Waals surface area contributed by atoms with Gasteiger partial charge in [-0.2, -0.15) is 0 Å². The van der Waals surface area contributed by atoms with Gasteiger partial charge in [0.1, 0.15) is 11.5 Å². The van der Waals surface area contributed by atoms with Crippen molar-refractivity contribution in [3.63, 3.8) is 0 Å². The van der Waals surface area contributed by atoms with Crippen LogP contribution in [-0.2, 0) is 6.54 Å². The lowest BCUT2D eigenvalue weighted by Crippen LogP contribution is -2.18. The monoisotopic (exact) mass is 681 g/mol.